The summed E-state index contributed by atoms with van der Waals surface area (Å²) in [5.74, 6) is 0. The van der Waals surface area contributed by atoms with Crippen LogP contribution in [-0.2, 0) is 0 Å². The van der Waals surface area contributed by atoms with Crippen LogP contribution in [-0.4, -0.2) is 36.2 Å². The molecule has 0 fully saturated rings. The van der Waals surface area contributed by atoms with Crippen molar-refractivity contribution in [3.8, 4) is 33.8 Å². The molecule has 5 aromatic heterocycles. The number of anilines is 1. The molecule has 3 N–H and O–H groups in total. The Labute approximate surface area is 196 Å². The molecule has 0 aliphatic carbocycles. The highest BCUT2D eigenvalue weighted by molar-refractivity contribution is 6.00. The van der Waals surface area contributed by atoms with Gasteiger partial charge in [0.2, 0.25) is 0 Å². The van der Waals surface area contributed by atoms with Crippen molar-refractivity contribution in [2.24, 2.45) is 0 Å². The van der Waals surface area contributed by atoms with Gasteiger partial charge in [0.05, 0.1) is 22.6 Å². The molecule has 0 radical (unpaired) electrons. The van der Waals surface area contributed by atoms with Crippen molar-refractivity contribution in [3.63, 3.8) is 0 Å². The number of nitrogens with zero attached hydrogens (tertiary/aromatic N) is 4. The van der Waals surface area contributed by atoms with E-state index in [-0.39, 0.29) is 0 Å². The molecule has 34 heavy (non-hydrogen) atoms. The molecule has 0 spiro atoms. The number of fused-ring (bicyclic) bond motifs is 2. The van der Waals surface area contributed by atoms with Crippen molar-refractivity contribution < 1.29 is 0 Å². The van der Waals surface area contributed by atoms with Gasteiger partial charge in [0.25, 0.3) is 0 Å². The monoisotopic (exact) mass is 445 g/mol. The summed E-state index contributed by atoms with van der Waals surface area (Å²) in [4.78, 5) is 16.9. The molecule has 5 heterocycles. The van der Waals surface area contributed by atoms with E-state index in [0.29, 0.717) is 6.04 Å². The van der Waals surface area contributed by atoms with Crippen molar-refractivity contribution >= 4 is 27.6 Å². The fraction of sp³-hybridized carbons (Fsp3) is 0.111. The third kappa shape index (κ3) is 3.57. The van der Waals surface area contributed by atoms with Gasteiger partial charge < -0.3 is 10.3 Å². The lowest BCUT2D eigenvalue weighted by molar-refractivity contribution is 0.898. The molecule has 166 valence electrons. The molecule has 6 rings (SSSR count). The van der Waals surface area contributed by atoms with Gasteiger partial charge in [-0.25, -0.2) is 4.98 Å². The van der Waals surface area contributed by atoms with Crippen LogP contribution >= 0.6 is 0 Å². The third-order valence-electron chi connectivity index (χ3n) is 5.82. The van der Waals surface area contributed by atoms with E-state index in [1.165, 1.54) is 0 Å². The molecule has 1 aromatic carbocycles. The highest BCUT2D eigenvalue weighted by Crippen LogP contribution is 2.34. The minimum Gasteiger partial charge on any atom is -0.382 e. The Kier molecular flexibility index (Phi) is 4.80. The summed E-state index contributed by atoms with van der Waals surface area (Å²) in [6, 6.07) is 18.8. The van der Waals surface area contributed by atoms with Gasteiger partial charge in [-0.15, -0.1) is 0 Å². The zero-order valence-corrected chi connectivity index (χ0v) is 18.9. The van der Waals surface area contributed by atoms with E-state index in [9.17, 15) is 0 Å². The SMILES string of the molecule is CC(C)Nc1cncc(-c2ccc3[nH]nc(-c4cc5c(-c6ccccn6)ccnc5[nH]4)c3c2)c1. The average Bonchev–Trinajstić information content (AvgIpc) is 3.48. The number of nitrogens with one attached hydrogen (secondary N) is 3. The zero-order chi connectivity index (χ0) is 23.1. The summed E-state index contributed by atoms with van der Waals surface area (Å²) in [5, 5.41) is 13.3. The average molecular weight is 446 g/mol. The van der Waals surface area contributed by atoms with Crippen LogP contribution < -0.4 is 5.32 Å². The highest BCUT2D eigenvalue weighted by atomic mass is 15.1. The van der Waals surface area contributed by atoms with Crippen molar-refractivity contribution in [2.45, 2.75) is 19.9 Å². The van der Waals surface area contributed by atoms with Gasteiger partial charge in [-0.2, -0.15) is 5.10 Å². The lowest BCUT2D eigenvalue weighted by Crippen LogP contribution is -2.09. The molecule has 0 unspecified atom stereocenters. The second kappa shape index (κ2) is 8.12. The van der Waals surface area contributed by atoms with Crippen LogP contribution in [0.3, 0.4) is 0 Å². The molecular formula is C27H23N7. The number of H-pyrrole nitrogens is 2. The normalized spacial score (nSPS) is 11.5. The molecule has 0 aliphatic heterocycles. The Morgan fingerprint density at radius 1 is 0.853 bits per heavy atom. The second-order valence-corrected chi connectivity index (χ2v) is 8.61. The zero-order valence-electron chi connectivity index (χ0n) is 18.9. The van der Waals surface area contributed by atoms with Crippen molar-refractivity contribution in [1.82, 2.24) is 30.1 Å². The molecular weight excluding hydrogens is 422 g/mol. The first kappa shape index (κ1) is 20.1. The Morgan fingerprint density at radius 3 is 2.65 bits per heavy atom. The van der Waals surface area contributed by atoms with Crippen LogP contribution in [0.15, 0.2) is 79.4 Å². The summed E-state index contributed by atoms with van der Waals surface area (Å²) in [6.45, 7) is 4.23. The molecule has 7 nitrogen and oxygen atoms in total. The molecule has 6 aromatic rings. The largest absolute Gasteiger partial charge is 0.382 e. The highest BCUT2D eigenvalue weighted by Gasteiger charge is 2.15. The smallest absolute Gasteiger partial charge is 0.138 e. The molecule has 7 heteroatoms. The third-order valence-corrected chi connectivity index (χ3v) is 5.82. The van der Waals surface area contributed by atoms with Crippen molar-refractivity contribution in [1.29, 1.82) is 0 Å². The number of rotatable bonds is 5. The van der Waals surface area contributed by atoms with Crippen LogP contribution in [0.1, 0.15) is 13.8 Å². The summed E-state index contributed by atoms with van der Waals surface area (Å²) in [7, 11) is 0. The quantitative estimate of drug-likeness (QED) is 0.300. The van der Waals surface area contributed by atoms with Gasteiger partial charge in [0.15, 0.2) is 0 Å². The Balaban J connectivity index is 1.45. The van der Waals surface area contributed by atoms with Gasteiger partial charge >= 0.3 is 0 Å². The summed E-state index contributed by atoms with van der Waals surface area (Å²) in [5.41, 5.74) is 8.62. The molecule has 0 bridgehead atoms. The molecule has 0 atom stereocenters. The minimum absolute atomic E-state index is 0.339. The standard InChI is InChI=1S/C27H23N7/c1-16(2)31-19-11-18(14-28-15-19)17-6-7-24-22(12-17)26(34-33-24)25-13-21-20(8-10-30-27(21)32-25)23-5-3-4-9-29-23/h3-16,31H,1-2H3,(H,30,32)(H,33,34). The molecule has 0 saturated carbocycles. The van der Waals surface area contributed by atoms with Crippen LogP contribution in [0, 0.1) is 0 Å². The summed E-state index contributed by atoms with van der Waals surface area (Å²) < 4.78 is 0. The second-order valence-electron chi connectivity index (χ2n) is 8.61. The van der Waals surface area contributed by atoms with E-state index in [2.05, 4.69) is 79.6 Å². The fourth-order valence-electron chi connectivity index (χ4n) is 4.31. The Hall–Kier alpha value is -4.52. The van der Waals surface area contributed by atoms with E-state index in [1.807, 2.05) is 36.7 Å². The summed E-state index contributed by atoms with van der Waals surface area (Å²) >= 11 is 0. The van der Waals surface area contributed by atoms with Gasteiger partial charge in [-0.3, -0.25) is 15.1 Å². The number of aromatic nitrogens is 6. The van der Waals surface area contributed by atoms with E-state index in [0.717, 1.165) is 61.4 Å². The Bertz CT molecular complexity index is 1610. The topological polar surface area (TPSA) is 95.2 Å². The van der Waals surface area contributed by atoms with Gasteiger partial charge in [0.1, 0.15) is 11.3 Å². The minimum atomic E-state index is 0.339. The number of pyridine rings is 3. The van der Waals surface area contributed by atoms with Gasteiger partial charge in [-0.1, -0.05) is 12.1 Å². The molecule has 0 amide bonds. The summed E-state index contributed by atoms with van der Waals surface area (Å²) in [6.07, 6.45) is 7.34. The molecule has 0 saturated heterocycles. The van der Waals surface area contributed by atoms with Crippen LogP contribution in [0.25, 0.3) is 55.7 Å². The van der Waals surface area contributed by atoms with E-state index < -0.39 is 0 Å². The fourth-order valence-corrected chi connectivity index (χ4v) is 4.31. The Morgan fingerprint density at radius 2 is 1.79 bits per heavy atom. The predicted molar refractivity (Wildman–Crippen MR) is 136 cm³/mol. The van der Waals surface area contributed by atoms with Gasteiger partial charge in [-0.05, 0) is 61.9 Å². The first-order valence-corrected chi connectivity index (χ1v) is 11.3. The predicted octanol–water partition coefficient (Wildman–Crippen LogP) is 6.05. The maximum Gasteiger partial charge on any atom is 0.138 e. The van der Waals surface area contributed by atoms with Crippen LogP contribution in [0.4, 0.5) is 5.69 Å². The van der Waals surface area contributed by atoms with Gasteiger partial charge in [0, 0.05) is 52.7 Å². The first-order chi connectivity index (χ1) is 16.7. The van der Waals surface area contributed by atoms with E-state index in [1.54, 1.807) is 12.4 Å². The lowest BCUT2D eigenvalue weighted by atomic mass is 10.0. The van der Waals surface area contributed by atoms with E-state index in [4.69, 9.17) is 0 Å². The van der Waals surface area contributed by atoms with E-state index >= 15 is 0 Å². The maximum atomic E-state index is 4.63. The molecule has 0 aliphatic rings. The van der Waals surface area contributed by atoms with Crippen molar-refractivity contribution in [2.75, 3.05) is 5.32 Å². The number of aromatic amines is 2. The first-order valence-electron chi connectivity index (χ1n) is 11.3. The van der Waals surface area contributed by atoms with Crippen molar-refractivity contribution in [3.05, 3.63) is 79.4 Å². The maximum absolute atomic E-state index is 4.63. The van der Waals surface area contributed by atoms with Crippen LogP contribution in [0.2, 0.25) is 0 Å². The number of benzene rings is 1. The number of hydrogen-bond acceptors (Lipinski definition) is 5. The lowest BCUT2D eigenvalue weighted by Gasteiger charge is -2.11. The number of hydrogen-bond donors (Lipinski definition) is 3. The van der Waals surface area contributed by atoms with Crippen LogP contribution in [0.5, 0.6) is 0 Å².